The van der Waals surface area contributed by atoms with Crippen LogP contribution in [0.5, 0.6) is 0 Å². The summed E-state index contributed by atoms with van der Waals surface area (Å²) in [4.78, 5) is 43.0. The van der Waals surface area contributed by atoms with E-state index in [-0.39, 0.29) is 23.1 Å². The van der Waals surface area contributed by atoms with Crippen LogP contribution < -0.4 is 21.7 Å². The Labute approximate surface area is 258 Å². The lowest BCUT2D eigenvalue weighted by Crippen LogP contribution is -2.49. The van der Waals surface area contributed by atoms with Gasteiger partial charge in [-0.15, -0.1) is 0 Å². The highest BCUT2D eigenvalue weighted by molar-refractivity contribution is 5.95. The van der Waals surface area contributed by atoms with E-state index in [1.54, 1.807) is 19.1 Å². The van der Waals surface area contributed by atoms with Crippen LogP contribution in [0.4, 0.5) is 26.3 Å². The highest BCUT2D eigenvalue weighted by Gasteiger charge is 2.49. The fourth-order valence-electron chi connectivity index (χ4n) is 4.23. The van der Waals surface area contributed by atoms with E-state index in [4.69, 9.17) is 30.9 Å². The third-order valence-corrected chi connectivity index (χ3v) is 6.82. The smallest absolute Gasteiger partial charge is 0.475 e. The standard InChI is InChI=1S/C25H29N5O2.2C2HF3O2/c1-16(23(31)29-14-17-7-9-18(10-8-17)22(26)27)30-24(32)21-13-20(15-28-21)25(11-12-25)19-5-3-2-4-6-19;2*3-2(4,5)1(6)7/h2-10,13,16,21,28H,11-12,14-15H2,1H3,(H3,26,27)(H,29,31)(H,30,32);2*(H,6,7)/t16-,21+;;/m0../s1. The maximum atomic E-state index is 12.7. The summed E-state index contributed by atoms with van der Waals surface area (Å²) >= 11 is 0. The first-order chi connectivity index (χ1) is 21.3. The molecule has 1 fully saturated rings. The number of nitrogens with one attached hydrogen (secondary N) is 4. The van der Waals surface area contributed by atoms with Crippen molar-refractivity contribution in [2.45, 2.75) is 56.2 Å². The SMILES string of the molecule is C[C@H](NC(=O)[C@H]1C=C(C2(c3ccccc3)CC2)CN1)C(=O)NCc1ccc(C(=N)N)cc1.O=C(O)C(F)(F)F.O=C(O)C(F)(F)F. The number of benzene rings is 2. The molecule has 46 heavy (non-hydrogen) atoms. The van der Waals surface area contributed by atoms with Gasteiger partial charge in [0.1, 0.15) is 17.9 Å². The van der Waals surface area contributed by atoms with Crippen molar-refractivity contribution in [2.75, 3.05) is 6.54 Å². The lowest BCUT2D eigenvalue weighted by molar-refractivity contribution is -0.193. The molecule has 0 bridgehead atoms. The number of nitrogens with two attached hydrogens (primary N) is 1. The summed E-state index contributed by atoms with van der Waals surface area (Å²) in [5.41, 5.74) is 9.60. The van der Waals surface area contributed by atoms with E-state index in [9.17, 15) is 35.9 Å². The molecule has 2 aliphatic rings. The van der Waals surface area contributed by atoms with Gasteiger partial charge >= 0.3 is 24.3 Å². The summed E-state index contributed by atoms with van der Waals surface area (Å²) in [6.07, 6.45) is -5.94. The predicted octanol–water partition coefficient (Wildman–Crippen LogP) is 2.99. The van der Waals surface area contributed by atoms with Crippen LogP contribution in [0.1, 0.15) is 36.5 Å². The molecule has 2 aromatic rings. The zero-order chi connectivity index (χ0) is 34.9. The number of carbonyl (C=O) groups excluding carboxylic acids is 2. The van der Waals surface area contributed by atoms with Gasteiger partial charge in [-0.2, -0.15) is 26.3 Å². The molecule has 0 saturated heterocycles. The first-order valence-corrected chi connectivity index (χ1v) is 13.4. The van der Waals surface area contributed by atoms with Crippen molar-refractivity contribution in [3.8, 4) is 0 Å². The summed E-state index contributed by atoms with van der Waals surface area (Å²) in [6.45, 7) is 2.70. The number of amides is 2. The van der Waals surface area contributed by atoms with Gasteiger partial charge in [0.05, 0.1) is 0 Å². The number of nitrogen functional groups attached to an aromatic ring is 1. The number of hydrogen-bond donors (Lipinski definition) is 7. The van der Waals surface area contributed by atoms with Gasteiger partial charge in [-0.3, -0.25) is 20.3 Å². The Morgan fingerprint density at radius 3 is 1.89 bits per heavy atom. The van der Waals surface area contributed by atoms with Crippen LogP contribution in [0, 0.1) is 5.41 Å². The number of amidine groups is 1. The fraction of sp³-hybridized carbons (Fsp3) is 0.345. The molecule has 4 rings (SSSR count). The number of rotatable bonds is 8. The molecule has 11 nitrogen and oxygen atoms in total. The molecule has 2 amide bonds. The molecule has 17 heteroatoms. The number of halogens is 6. The monoisotopic (exact) mass is 659 g/mol. The van der Waals surface area contributed by atoms with E-state index >= 15 is 0 Å². The maximum absolute atomic E-state index is 12.7. The minimum absolute atomic E-state index is 0.00558. The van der Waals surface area contributed by atoms with Crippen LogP contribution in [0.15, 0.2) is 66.2 Å². The van der Waals surface area contributed by atoms with Crippen molar-refractivity contribution in [1.29, 1.82) is 5.41 Å². The van der Waals surface area contributed by atoms with Gasteiger partial charge < -0.3 is 26.6 Å². The fourth-order valence-corrected chi connectivity index (χ4v) is 4.23. The maximum Gasteiger partial charge on any atom is 0.490 e. The molecule has 2 atom stereocenters. The molecule has 1 heterocycles. The molecule has 2 aromatic carbocycles. The lowest BCUT2D eigenvalue weighted by atomic mass is 9.88. The molecule has 1 aliphatic carbocycles. The Morgan fingerprint density at radius 2 is 1.46 bits per heavy atom. The average Bonchev–Trinajstić information content (AvgIpc) is 3.64. The van der Waals surface area contributed by atoms with Crippen LogP contribution in [-0.2, 0) is 31.1 Å². The number of carbonyl (C=O) groups is 4. The summed E-state index contributed by atoms with van der Waals surface area (Å²) in [5.74, 6) is -5.96. The molecule has 0 aromatic heterocycles. The second-order valence-electron chi connectivity index (χ2n) is 10.2. The zero-order valence-electron chi connectivity index (χ0n) is 24.1. The number of carboxylic acids is 2. The molecule has 1 saturated carbocycles. The Morgan fingerprint density at radius 1 is 0.957 bits per heavy atom. The van der Waals surface area contributed by atoms with Crippen LogP contribution >= 0.6 is 0 Å². The highest BCUT2D eigenvalue weighted by atomic mass is 19.4. The zero-order valence-corrected chi connectivity index (χ0v) is 24.1. The molecular formula is C29H31F6N5O6. The largest absolute Gasteiger partial charge is 0.490 e. The van der Waals surface area contributed by atoms with Gasteiger partial charge in [0.15, 0.2) is 0 Å². The summed E-state index contributed by atoms with van der Waals surface area (Å²) in [7, 11) is 0. The molecule has 0 unspecified atom stereocenters. The quantitative estimate of drug-likeness (QED) is 0.0973. The summed E-state index contributed by atoms with van der Waals surface area (Å²) < 4.78 is 63.5. The van der Waals surface area contributed by atoms with Gasteiger partial charge in [-0.05, 0) is 36.5 Å². The van der Waals surface area contributed by atoms with Crippen molar-refractivity contribution in [3.05, 3.63) is 82.9 Å². The van der Waals surface area contributed by atoms with E-state index < -0.39 is 36.4 Å². The molecular weight excluding hydrogens is 628 g/mol. The summed E-state index contributed by atoms with van der Waals surface area (Å²) in [6, 6.07) is 16.5. The summed E-state index contributed by atoms with van der Waals surface area (Å²) in [5, 5.41) is 30.6. The van der Waals surface area contributed by atoms with E-state index in [2.05, 4.69) is 40.2 Å². The van der Waals surface area contributed by atoms with Crippen LogP contribution in [-0.4, -0.2) is 70.8 Å². The van der Waals surface area contributed by atoms with E-state index in [0.29, 0.717) is 18.7 Å². The molecule has 1 aliphatic heterocycles. The first-order valence-electron chi connectivity index (χ1n) is 13.4. The van der Waals surface area contributed by atoms with Gasteiger partial charge in [0, 0.05) is 24.1 Å². The Hall–Kier alpha value is -4.93. The molecule has 8 N–H and O–H groups in total. The van der Waals surface area contributed by atoms with Crippen molar-refractivity contribution in [1.82, 2.24) is 16.0 Å². The number of aliphatic carboxylic acids is 2. The Bertz CT molecular complexity index is 1420. The third-order valence-electron chi connectivity index (χ3n) is 6.82. The van der Waals surface area contributed by atoms with Gasteiger partial charge in [-0.25, -0.2) is 9.59 Å². The van der Waals surface area contributed by atoms with Crippen LogP contribution in [0.3, 0.4) is 0 Å². The van der Waals surface area contributed by atoms with E-state index in [1.807, 2.05) is 24.3 Å². The topological polar surface area (TPSA) is 195 Å². The minimum atomic E-state index is -5.08. The van der Waals surface area contributed by atoms with Gasteiger partial charge in [-0.1, -0.05) is 60.7 Å². The molecule has 0 radical (unpaired) electrons. The van der Waals surface area contributed by atoms with Crippen molar-refractivity contribution in [2.24, 2.45) is 5.73 Å². The molecule has 250 valence electrons. The van der Waals surface area contributed by atoms with Gasteiger partial charge in [0.2, 0.25) is 11.8 Å². The second-order valence-corrected chi connectivity index (χ2v) is 10.2. The van der Waals surface area contributed by atoms with Crippen molar-refractivity contribution >= 4 is 29.6 Å². The molecule has 0 spiro atoms. The first kappa shape index (κ1) is 37.3. The van der Waals surface area contributed by atoms with E-state index in [0.717, 1.165) is 18.4 Å². The Kier molecular flexibility index (Phi) is 12.5. The van der Waals surface area contributed by atoms with E-state index in [1.165, 1.54) is 11.1 Å². The number of alkyl halides is 6. The second kappa shape index (κ2) is 15.4. The Balaban J connectivity index is 0.000000440. The normalized spacial score (nSPS) is 17.0. The van der Waals surface area contributed by atoms with Crippen molar-refractivity contribution < 1.29 is 55.7 Å². The lowest BCUT2D eigenvalue weighted by Gasteiger charge is -2.17. The highest BCUT2D eigenvalue weighted by Crippen LogP contribution is 2.54. The van der Waals surface area contributed by atoms with Gasteiger partial charge in [0.25, 0.3) is 0 Å². The number of carboxylic acid groups (broad SMARTS) is 2. The van der Waals surface area contributed by atoms with Crippen LogP contribution in [0.2, 0.25) is 0 Å². The minimum Gasteiger partial charge on any atom is -0.475 e. The number of hydrogen-bond acceptors (Lipinski definition) is 6. The van der Waals surface area contributed by atoms with Crippen LogP contribution in [0.25, 0.3) is 0 Å². The average molecular weight is 660 g/mol. The predicted molar refractivity (Wildman–Crippen MR) is 152 cm³/mol. The third kappa shape index (κ3) is 10.9. The van der Waals surface area contributed by atoms with Crippen molar-refractivity contribution in [3.63, 3.8) is 0 Å².